The van der Waals surface area contributed by atoms with E-state index in [1.54, 1.807) is 20.8 Å². The van der Waals surface area contributed by atoms with Crippen molar-refractivity contribution < 1.29 is 43.3 Å². The molecule has 1 atom stereocenters. The average Bonchev–Trinajstić information content (AvgIpc) is 2.57. The number of hydrogen-bond acceptors (Lipinski definition) is 8. The minimum absolute atomic E-state index is 0.0794. The molecule has 0 aromatic heterocycles. The maximum absolute atomic E-state index is 13.3. The molecule has 0 rings (SSSR count). The van der Waals surface area contributed by atoms with E-state index in [1.165, 1.54) is 0 Å². The molecule has 0 aliphatic rings. The number of carboxylic acids is 1. The Morgan fingerprint density at radius 2 is 1.45 bits per heavy atom. The molecule has 0 bridgehead atoms. The lowest BCUT2D eigenvalue weighted by atomic mass is 9.72. The van der Waals surface area contributed by atoms with Gasteiger partial charge in [0, 0.05) is 13.3 Å². The Morgan fingerprint density at radius 1 is 0.909 bits per heavy atom. The van der Waals surface area contributed by atoms with Crippen molar-refractivity contribution in [1.82, 2.24) is 4.90 Å². The summed E-state index contributed by atoms with van der Waals surface area (Å²) in [7, 11) is 0. The molecule has 0 spiro atoms. The Kier molecular flexibility index (Phi) is 11.0. The maximum atomic E-state index is 13.3. The molecule has 0 heterocycles. The molecule has 190 valence electrons. The highest BCUT2D eigenvalue weighted by atomic mass is 16.7. The van der Waals surface area contributed by atoms with Crippen molar-refractivity contribution in [2.75, 3.05) is 6.79 Å². The van der Waals surface area contributed by atoms with Gasteiger partial charge in [-0.2, -0.15) is 0 Å². The number of ether oxygens (including phenoxy) is 3. The first-order valence-corrected chi connectivity index (χ1v) is 10.9. The molecule has 1 unspecified atom stereocenters. The summed E-state index contributed by atoms with van der Waals surface area (Å²) in [4.78, 5) is 61.8. The quantitative estimate of drug-likeness (QED) is 0.350. The first kappa shape index (κ1) is 30.4. The number of aliphatic carboxylic acids is 1. The predicted octanol–water partition coefficient (Wildman–Crippen LogP) is 3.90. The standard InChI is InChI=1S/C23H39NO9/c1-10-22(6,7)13-23(8,9)12-17(26)24(20(30)33-21(3,4)5)16(11-18(27)28)19(29)32-14-31-15(2)25/h16H,10-14H2,1-9H3,(H,27,28). The SMILES string of the molecule is CCC(C)(C)CC(C)(C)CC(=O)N(C(=O)OC(C)(C)C)C(CC(=O)O)C(=O)OCOC(C)=O. The minimum atomic E-state index is -1.80. The first-order valence-electron chi connectivity index (χ1n) is 10.9. The zero-order chi connectivity index (χ0) is 26.2. The molecular formula is C23H39NO9. The number of carboxylic acid groups (broad SMARTS) is 1. The fraction of sp³-hybridized carbons (Fsp3) is 0.783. The number of hydrogen-bond donors (Lipinski definition) is 1. The van der Waals surface area contributed by atoms with E-state index in [1.807, 2.05) is 20.8 Å². The van der Waals surface area contributed by atoms with E-state index in [0.29, 0.717) is 11.3 Å². The zero-order valence-corrected chi connectivity index (χ0v) is 21.3. The third-order valence-electron chi connectivity index (χ3n) is 4.82. The molecule has 1 N–H and O–H groups in total. The second-order valence-corrected chi connectivity index (χ2v) is 10.6. The molecule has 10 nitrogen and oxygen atoms in total. The summed E-state index contributed by atoms with van der Waals surface area (Å²) in [5.41, 5.74) is -1.65. The van der Waals surface area contributed by atoms with Gasteiger partial charge in [0.05, 0.1) is 6.42 Å². The summed E-state index contributed by atoms with van der Waals surface area (Å²) in [5.74, 6) is -4.13. The number of amides is 2. The van der Waals surface area contributed by atoms with Gasteiger partial charge in [-0.3, -0.25) is 14.4 Å². The van der Waals surface area contributed by atoms with E-state index in [4.69, 9.17) is 9.47 Å². The predicted molar refractivity (Wildman–Crippen MR) is 119 cm³/mol. The van der Waals surface area contributed by atoms with E-state index in [-0.39, 0.29) is 11.8 Å². The van der Waals surface area contributed by atoms with Gasteiger partial charge in [-0.15, -0.1) is 0 Å². The van der Waals surface area contributed by atoms with Gasteiger partial charge in [0.15, 0.2) is 6.04 Å². The van der Waals surface area contributed by atoms with Gasteiger partial charge in [-0.1, -0.05) is 41.0 Å². The second kappa shape index (κ2) is 12.0. The first-order chi connectivity index (χ1) is 14.8. The summed E-state index contributed by atoms with van der Waals surface area (Å²) in [5, 5.41) is 9.33. The summed E-state index contributed by atoms with van der Waals surface area (Å²) in [6.45, 7) is 14.9. The monoisotopic (exact) mass is 473 g/mol. The van der Waals surface area contributed by atoms with Gasteiger partial charge in [-0.05, 0) is 38.0 Å². The van der Waals surface area contributed by atoms with Crippen LogP contribution in [0.4, 0.5) is 4.79 Å². The van der Waals surface area contributed by atoms with E-state index >= 15 is 0 Å². The van der Waals surface area contributed by atoms with Crippen LogP contribution >= 0.6 is 0 Å². The smallest absolute Gasteiger partial charge is 0.417 e. The Hall–Kier alpha value is -2.65. The fourth-order valence-electron chi connectivity index (χ4n) is 3.40. The van der Waals surface area contributed by atoms with Crippen molar-refractivity contribution >= 4 is 29.9 Å². The van der Waals surface area contributed by atoms with E-state index in [2.05, 4.69) is 18.6 Å². The molecular weight excluding hydrogens is 434 g/mol. The highest BCUT2D eigenvalue weighted by molar-refractivity contribution is 5.98. The lowest BCUT2D eigenvalue weighted by Gasteiger charge is -2.36. The largest absolute Gasteiger partial charge is 0.481 e. The number of nitrogens with zero attached hydrogens (tertiary/aromatic N) is 1. The Morgan fingerprint density at radius 3 is 1.88 bits per heavy atom. The highest BCUT2D eigenvalue weighted by Crippen LogP contribution is 2.38. The van der Waals surface area contributed by atoms with Crippen LogP contribution in [0.25, 0.3) is 0 Å². The van der Waals surface area contributed by atoms with Crippen molar-refractivity contribution in [2.45, 2.75) is 99.6 Å². The highest BCUT2D eigenvalue weighted by Gasteiger charge is 2.42. The molecule has 33 heavy (non-hydrogen) atoms. The third-order valence-corrected chi connectivity index (χ3v) is 4.82. The normalized spacial score (nSPS) is 13.0. The van der Waals surface area contributed by atoms with Crippen LogP contribution in [0.5, 0.6) is 0 Å². The van der Waals surface area contributed by atoms with Gasteiger partial charge in [0.2, 0.25) is 12.7 Å². The summed E-state index contributed by atoms with van der Waals surface area (Å²) < 4.78 is 14.6. The van der Waals surface area contributed by atoms with E-state index in [0.717, 1.165) is 13.3 Å². The van der Waals surface area contributed by atoms with Crippen LogP contribution in [0.1, 0.15) is 88.0 Å². The van der Waals surface area contributed by atoms with Gasteiger partial charge >= 0.3 is 24.0 Å². The van der Waals surface area contributed by atoms with Gasteiger partial charge in [0.1, 0.15) is 5.60 Å². The molecule has 0 aromatic rings. The minimum Gasteiger partial charge on any atom is -0.481 e. The van der Waals surface area contributed by atoms with Gasteiger partial charge in [-0.25, -0.2) is 14.5 Å². The number of rotatable bonds is 11. The lowest BCUT2D eigenvalue weighted by molar-refractivity contribution is -0.173. The van der Waals surface area contributed by atoms with Crippen LogP contribution in [0.2, 0.25) is 0 Å². The lowest BCUT2D eigenvalue weighted by Crippen LogP contribution is -2.52. The summed E-state index contributed by atoms with van der Waals surface area (Å²) in [6, 6.07) is -1.80. The molecule has 0 fully saturated rings. The molecule has 0 saturated carbocycles. The third kappa shape index (κ3) is 12.2. The molecule has 0 aromatic carbocycles. The van der Waals surface area contributed by atoms with Crippen molar-refractivity contribution in [3.63, 3.8) is 0 Å². The van der Waals surface area contributed by atoms with Crippen molar-refractivity contribution in [1.29, 1.82) is 0 Å². The van der Waals surface area contributed by atoms with Crippen LogP contribution < -0.4 is 0 Å². The van der Waals surface area contributed by atoms with Crippen LogP contribution in [0, 0.1) is 10.8 Å². The number of imide groups is 1. The summed E-state index contributed by atoms with van der Waals surface area (Å²) in [6.07, 6.45) is -0.683. The van der Waals surface area contributed by atoms with Crippen molar-refractivity contribution in [3.05, 3.63) is 0 Å². The second-order valence-electron chi connectivity index (χ2n) is 10.6. The zero-order valence-electron chi connectivity index (χ0n) is 21.3. The van der Waals surface area contributed by atoms with Gasteiger partial charge < -0.3 is 19.3 Å². The van der Waals surface area contributed by atoms with Gasteiger partial charge in [0.25, 0.3) is 0 Å². The molecule has 0 radical (unpaired) electrons. The van der Waals surface area contributed by atoms with E-state index in [9.17, 15) is 29.1 Å². The molecule has 2 amide bonds. The van der Waals surface area contributed by atoms with Crippen LogP contribution in [-0.4, -0.2) is 58.4 Å². The van der Waals surface area contributed by atoms with Crippen molar-refractivity contribution in [2.24, 2.45) is 10.8 Å². The Labute approximate surface area is 195 Å². The van der Waals surface area contributed by atoms with E-state index < -0.39 is 60.2 Å². The molecule has 0 saturated heterocycles. The number of carbonyl (C=O) groups excluding carboxylic acids is 4. The molecule has 0 aliphatic carbocycles. The average molecular weight is 474 g/mol. The Balaban J connectivity index is 6.06. The van der Waals surface area contributed by atoms with Crippen molar-refractivity contribution in [3.8, 4) is 0 Å². The van der Waals surface area contributed by atoms with Crippen LogP contribution in [-0.2, 0) is 33.4 Å². The Bertz CT molecular complexity index is 735. The number of carbonyl (C=O) groups is 5. The maximum Gasteiger partial charge on any atom is 0.417 e. The number of esters is 2. The van der Waals surface area contributed by atoms with Crippen LogP contribution in [0.3, 0.4) is 0 Å². The van der Waals surface area contributed by atoms with Crippen LogP contribution in [0.15, 0.2) is 0 Å². The summed E-state index contributed by atoms with van der Waals surface area (Å²) >= 11 is 0. The molecule has 10 heteroatoms. The fourth-order valence-corrected chi connectivity index (χ4v) is 3.40. The topological polar surface area (TPSA) is 137 Å². The molecule has 0 aliphatic heterocycles.